The Kier molecular flexibility index (Phi) is 5.20. The number of aryl methyl sites for hydroxylation is 1. The summed E-state index contributed by atoms with van der Waals surface area (Å²) in [5.74, 6) is -1.32. The fraction of sp³-hybridized carbons (Fsp3) is 0.167. The van der Waals surface area contributed by atoms with Crippen LogP contribution in [0.5, 0.6) is 0 Å². The van der Waals surface area contributed by atoms with Gasteiger partial charge in [-0.1, -0.05) is 71.7 Å². The van der Waals surface area contributed by atoms with Crippen LogP contribution in [0.15, 0.2) is 60.7 Å². The van der Waals surface area contributed by atoms with Crippen LogP contribution < -0.4 is 0 Å². The molecule has 0 aromatic heterocycles. The van der Waals surface area contributed by atoms with E-state index in [0.717, 1.165) is 5.56 Å². The molecule has 4 rings (SSSR count). The highest BCUT2D eigenvalue weighted by Gasteiger charge is 2.44. The van der Waals surface area contributed by atoms with Gasteiger partial charge in [0.15, 0.2) is 5.78 Å². The standard InChI is InChI=1S/C24H18Cl2O3/c1-13-12-18(21(26)14(2)20(13)25)19-22(27)16-10-6-7-11-17(16)23(19)29-24(28)15-8-4-3-5-9-15/h3-12,19,23H,1-2H3. The third-order valence-corrected chi connectivity index (χ3v) is 6.41. The Hall–Kier alpha value is -2.62. The zero-order valence-corrected chi connectivity index (χ0v) is 17.4. The Bertz CT molecular complexity index is 1120. The van der Waals surface area contributed by atoms with Crippen molar-refractivity contribution in [3.63, 3.8) is 0 Å². The lowest BCUT2D eigenvalue weighted by molar-refractivity contribution is 0.0259. The maximum atomic E-state index is 13.3. The molecule has 0 N–H and O–H groups in total. The Balaban J connectivity index is 1.82. The van der Waals surface area contributed by atoms with E-state index >= 15 is 0 Å². The van der Waals surface area contributed by atoms with Gasteiger partial charge in [0.2, 0.25) is 0 Å². The van der Waals surface area contributed by atoms with Crippen molar-refractivity contribution in [3.8, 4) is 0 Å². The molecule has 146 valence electrons. The van der Waals surface area contributed by atoms with Gasteiger partial charge in [0.1, 0.15) is 6.10 Å². The average Bonchev–Trinajstić information content (AvgIpc) is 3.01. The number of ether oxygens (including phenoxy) is 1. The Morgan fingerprint density at radius 2 is 1.55 bits per heavy atom. The highest BCUT2D eigenvalue weighted by Crippen LogP contribution is 2.48. The first-order valence-electron chi connectivity index (χ1n) is 9.24. The van der Waals surface area contributed by atoms with Gasteiger partial charge in [0, 0.05) is 21.2 Å². The molecule has 0 aliphatic heterocycles. The van der Waals surface area contributed by atoms with Gasteiger partial charge in [-0.25, -0.2) is 4.79 Å². The van der Waals surface area contributed by atoms with E-state index in [0.29, 0.717) is 37.9 Å². The van der Waals surface area contributed by atoms with Gasteiger partial charge in [-0.2, -0.15) is 0 Å². The molecular formula is C24H18Cl2O3. The zero-order valence-electron chi connectivity index (χ0n) is 15.9. The van der Waals surface area contributed by atoms with E-state index in [-0.39, 0.29) is 5.78 Å². The van der Waals surface area contributed by atoms with E-state index in [9.17, 15) is 9.59 Å². The monoisotopic (exact) mass is 424 g/mol. The zero-order chi connectivity index (χ0) is 20.7. The normalized spacial score (nSPS) is 17.9. The predicted octanol–water partition coefficient (Wildman–Crippen LogP) is 6.49. The maximum absolute atomic E-state index is 13.3. The number of hydrogen-bond donors (Lipinski definition) is 0. The second-order valence-corrected chi connectivity index (χ2v) is 7.91. The summed E-state index contributed by atoms with van der Waals surface area (Å²) in [6, 6.07) is 17.8. The Morgan fingerprint density at radius 1 is 0.897 bits per heavy atom. The lowest BCUT2D eigenvalue weighted by Crippen LogP contribution is -2.19. The number of fused-ring (bicyclic) bond motifs is 1. The van der Waals surface area contributed by atoms with Crippen molar-refractivity contribution in [2.75, 3.05) is 0 Å². The largest absolute Gasteiger partial charge is 0.453 e. The second kappa shape index (κ2) is 7.66. The summed E-state index contributed by atoms with van der Waals surface area (Å²) in [6.07, 6.45) is -0.760. The number of hydrogen-bond acceptors (Lipinski definition) is 3. The molecule has 5 heteroatoms. The van der Waals surface area contributed by atoms with E-state index in [1.807, 2.05) is 38.1 Å². The summed E-state index contributed by atoms with van der Waals surface area (Å²) in [5.41, 5.74) is 3.81. The third-order valence-electron chi connectivity index (χ3n) is 5.33. The smallest absolute Gasteiger partial charge is 0.338 e. The van der Waals surface area contributed by atoms with Gasteiger partial charge in [-0.05, 0) is 42.7 Å². The van der Waals surface area contributed by atoms with Gasteiger partial charge in [-0.3, -0.25) is 4.79 Å². The first-order valence-corrected chi connectivity index (χ1v) is 10.00. The number of carbonyl (C=O) groups is 2. The van der Waals surface area contributed by atoms with Crippen LogP contribution in [0.3, 0.4) is 0 Å². The molecule has 1 aliphatic rings. The van der Waals surface area contributed by atoms with Crippen LogP contribution in [0.25, 0.3) is 0 Å². The van der Waals surface area contributed by atoms with Crippen LogP contribution in [0.1, 0.15) is 55.0 Å². The van der Waals surface area contributed by atoms with Gasteiger partial charge in [0.05, 0.1) is 11.5 Å². The predicted molar refractivity (Wildman–Crippen MR) is 114 cm³/mol. The molecule has 3 aromatic carbocycles. The molecule has 0 saturated heterocycles. The fourth-order valence-electron chi connectivity index (χ4n) is 3.84. The third kappa shape index (κ3) is 3.35. The van der Waals surface area contributed by atoms with Crippen molar-refractivity contribution in [1.82, 2.24) is 0 Å². The molecule has 0 amide bonds. The Labute approximate surface area is 179 Å². The van der Waals surface area contributed by atoms with Crippen molar-refractivity contribution < 1.29 is 14.3 Å². The van der Waals surface area contributed by atoms with Crippen molar-refractivity contribution in [2.24, 2.45) is 0 Å². The van der Waals surface area contributed by atoms with Crippen molar-refractivity contribution >= 4 is 35.0 Å². The first kappa shape index (κ1) is 19.7. The maximum Gasteiger partial charge on any atom is 0.338 e. The molecule has 3 aromatic rings. The minimum atomic E-state index is -0.760. The summed E-state index contributed by atoms with van der Waals surface area (Å²) < 4.78 is 5.87. The van der Waals surface area contributed by atoms with E-state index in [1.165, 1.54) is 0 Å². The molecule has 1 aliphatic carbocycles. The highest BCUT2D eigenvalue weighted by atomic mass is 35.5. The highest BCUT2D eigenvalue weighted by molar-refractivity contribution is 6.37. The van der Waals surface area contributed by atoms with E-state index in [2.05, 4.69) is 0 Å². The van der Waals surface area contributed by atoms with Crippen molar-refractivity contribution in [3.05, 3.63) is 104 Å². The van der Waals surface area contributed by atoms with Gasteiger partial charge in [0.25, 0.3) is 0 Å². The number of ketones is 1. The van der Waals surface area contributed by atoms with Crippen LogP contribution in [0, 0.1) is 13.8 Å². The summed E-state index contributed by atoms with van der Waals surface area (Å²) in [6.45, 7) is 3.69. The minimum Gasteiger partial charge on any atom is -0.453 e. The van der Waals surface area contributed by atoms with Crippen LogP contribution >= 0.6 is 23.2 Å². The molecule has 29 heavy (non-hydrogen) atoms. The van der Waals surface area contributed by atoms with Gasteiger partial charge in [-0.15, -0.1) is 0 Å². The summed E-state index contributed by atoms with van der Waals surface area (Å²) in [4.78, 5) is 26.1. The summed E-state index contributed by atoms with van der Waals surface area (Å²) in [5, 5.41) is 0.993. The fourth-order valence-corrected chi connectivity index (χ4v) is 4.31. The Morgan fingerprint density at radius 3 is 2.28 bits per heavy atom. The molecule has 0 spiro atoms. The molecule has 0 radical (unpaired) electrons. The molecular weight excluding hydrogens is 407 g/mol. The van der Waals surface area contributed by atoms with Crippen LogP contribution in [0.2, 0.25) is 10.0 Å². The lowest BCUT2D eigenvalue weighted by atomic mass is 9.90. The van der Waals surface area contributed by atoms with Crippen LogP contribution in [-0.4, -0.2) is 11.8 Å². The number of carbonyl (C=O) groups excluding carboxylic acids is 2. The molecule has 2 unspecified atom stereocenters. The minimum absolute atomic E-state index is 0.116. The van der Waals surface area contributed by atoms with Crippen LogP contribution in [0.4, 0.5) is 0 Å². The first-order chi connectivity index (χ1) is 13.9. The van der Waals surface area contributed by atoms with E-state index < -0.39 is 18.0 Å². The molecule has 0 heterocycles. The molecule has 2 atom stereocenters. The van der Waals surface area contributed by atoms with E-state index in [4.69, 9.17) is 27.9 Å². The average molecular weight is 425 g/mol. The quantitative estimate of drug-likeness (QED) is 0.451. The number of rotatable bonds is 3. The lowest BCUT2D eigenvalue weighted by Gasteiger charge is -2.23. The van der Waals surface area contributed by atoms with Gasteiger partial charge < -0.3 is 4.74 Å². The number of Topliss-reactive ketones (excluding diaryl/α,β-unsaturated/α-hetero) is 1. The molecule has 3 nitrogen and oxygen atoms in total. The molecule has 0 bridgehead atoms. The van der Waals surface area contributed by atoms with Crippen LogP contribution in [-0.2, 0) is 4.74 Å². The number of esters is 1. The SMILES string of the molecule is Cc1cc(C2C(=O)c3ccccc3C2OC(=O)c2ccccc2)c(Cl)c(C)c1Cl. The number of benzene rings is 3. The van der Waals surface area contributed by atoms with E-state index in [1.54, 1.807) is 36.4 Å². The molecule has 0 fully saturated rings. The number of halogens is 2. The topological polar surface area (TPSA) is 43.4 Å². The van der Waals surface area contributed by atoms with Gasteiger partial charge >= 0.3 is 5.97 Å². The second-order valence-electron chi connectivity index (χ2n) is 7.16. The summed E-state index contributed by atoms with van der Waals surface area (Å²) in [7, 11) is 0. The summed E-state index contributed by atoms with van der Waals surface area (Å²) >= 11 is 12.9. The molecule has 0 saturated carbocycles. The van der Waals surface area contributed by atoms with Crippen molar-refractivity contribution in [1.29, 1.82) is 0 Å². The van der Waals surface area contributed by atoms with Crippen molar-refractivity contribution in [2.45, 2.75) is 25.9 Å².